The van der Waals surface area contributed by atoms with Crippen LogP contribution in [-0.4, -0.2) is 86.1 Å². The minimum atomic E-state index is 0.536. The fourth-order valence-electron chi connectivity index (χ4n) is 3.18. The van der Waals surface area contributed by atoms with Crippen molar-refractivity contribution in [3.8, 4) is 0 Å². The number of hydrogen-bond donors (Lipinski definition) is 1. The Balaban J connectivity index is 1.69. The van der Waals surface area contributed by atoms with Gasteiger partial charge in [0, 0.05) is 45.3 Å². The molecule has 0 amide bonds. The molecule has 2 aliphatic heterocycles. The molecule has 5 nitrogen and oxygen atoms in total. The normalized spacial score (nSPS) is 21.1. The van der Waals surface area contributed by atoms with Gasteiger partial charge >= 0.3 is 0 Å². The highest BCUT2D eigenvalue weighted by atomic mass is 16.5. The van der Waals surface area contributed by atoms with Crippen LogP contribution in [0.25, 0.3) is 0 Å². The van der Waals surface area contributed by atoms with Crippen molar-refractivity contribution < 1.29 is 4.74 Å². The van der Waals surface area contributed by atoms with Crippen molar-refractivity contribution >= 4 is 5.84 Å². The van der Waals surface area contributed by atoms with Gasteiger partial charge in [0.05, 0.1) is 13.2 Å². The molecule has 0 radical (unpaired) electrons. The summed E-state index contributed by atoms with van der Waals surface area (Å²) in [6.07, 6.45) is 3.12. The number of nitrogens with one attached hydrogen (secondary N) is 1. The summed E-state index contributed by atoms with van der Waals surface area (Å²) in [5, 5.41) is 8.28. The number of rotatable bonds is 7. The molecule has 0 aromatic carbocycles. The fourth-order valence-corrected chi connectivity index (χ4v) is 3.18. The van der Waals surface area contributed by atoms with Crippen molar-refractivity contribution in [2.24, 2.45) is 5.92 Å². The number of hydrogen-bond acceptors (Lipinski definition) is 4. The molecule has 2 rings (SSSR count). The van der Waals surface area contributed by atoms with Crippen LogP contribution in [0.4, 0.5) is 0 Å². The first-order valence-electron chi connectivity index (χ1n) is 9.05. The number of ether oxygens (including phenoxy) is 1. The second kappa shape index (κ2) is 8.81. The van der Waals surface area contributed by atoms with Crippen molar-refractivity contribution in [1.29, 1.82) is 5.41 Å². The molecule has 1 N–H and O–H groups in total. The standard InChI is InChI=1S/C18H34N4O/c1-5-16(15(2)3)12-18(19)22-13-17(14-22)20(4)6-7-21-8-10-23-11-9-21/h12,15,17,19H,5-11,13-14H2,1-4H3/b16-12+,19-18?. The van der Waals surface area contributed by atoms with E-state index in [1.165, 1.54) is 5.57 Å². The zero-order valence-electron chi connectivity index (χ0n) is 15.3. The predicted molar refractivity (Wildman–Crippen MR) is 96.2 cm³/mol. The van der Waals surface area contributed by atoms with Crippen LogP contribution in [0.5, 0.6) is 0 Å². The van der Waals surface area contributed by atoms with Gasteiger partial charge in [-0.25, -0.2) is 0 Å². The van der Waals surface area contributed by atoms with Gasteiger partial charge in [0.1, 0.15) is 5.84 Å². The minimum Gasteiger partial charge on any atom is -0.379 e. The molecule has 0 atom stereocenters. The van der Waals surface area contributed by atoms with E-state index in [4.69, 9.17) is 10.1 Å². The van der Waals surface area contributed by atoms with E-state index in [1.54, 1.807) is 0 Å². The molecule has 0 unspecified atom stereocenters. The minimum absolute atomic E-state index is 0.536. The molecule has 0 saturated carbocycles. The summed E-state index contributed by atoms with van der Waals surface area (Å²) in [6.45, 7) is 14.7. The molecule has 0 aliphatic carbocycles. The topological polar surface area (TPSA) is 42.8 Å². The Bertz CT molecular complexity index is 409. The molecular formula is C18H34N4O. The quantitative estimate of drug-likeness (QED) is 0.574. The van der Waals surface area contributed by atoms with E-state index in [0.29, 0.717) is 17.8 Å². The summed E-state index contributed by atoms with van der Waals surface area (Å²) in [5.74, 6) is 1.22. The van der Waals surface area contributed by atoms with Crippen LogP contribution in [0.2, 0.25) is 0 Å². The summed E-state index contributed by atoms with van der Waals surface area (Å²) < 4.78 is 5.39. The second-order valence-corrected chi connectivity index (χ2v) is 7.11. The SMILES string of the molecule is CC/C(=C\C(=N)N1CC(N(C)CCN2CCOCC2)C1)C(C)C. The zero-order chi connectivity index (χ0) is 16.8. The van der Waals surface area contributed by atoms with Crippen LogP contribution in [0, 0.1) is 11.3 Å². The van der Waals surface area contributed by atoms with Gasteiger partial charge in [0.25, 0.3) is 0 Å². The summed E-state index contributed by atoms with van der Waals surface area (Å²) >= 11 is 0. The number of morpholine rings is 1. The first-order chi connectivity index (χ1) is 11.0. The van der Waals surface area contributed by atoms with Gasteiger partial charge < -0.3 is 9.64 Å². The van der Waals surface area contributed by atoms with E-state index in [9.17, 15) is 0 Å². The van der Waals surface area contributed by atoms with Gasteiger partial charge in [-0.1, -0.05) is 26.3 Å². The lowest BCUT2D eigenvalue weighted by Gasteiger charge is -2.45. The Labute approximate surface area is 141 Å². The molecule has 0 aromatic heterocycles. The Hall–Kier alpha value is -0.910. The molecule has 2 heterocycles. The Morgan fingerprint density at radius 3 is 2.52 bits per heavy atom. The van der Waals surface area contributed by atoms with Gasteiger partial charge in [-0.15, -0.1) is 0 Å². The van der Waals surface area contributed by atoms with Crippen LogP contribution >= 0.6 is 0 Å². The van der Waals surface area contributed by atoms with Crippen LogP contribution in [0.1, 0.15) is 27.2 Å². The zero-order valence-corrected chi connectivity index (χ0v) is 15.3. The average molecular weight is 322 g/mol. The van der Waals surface area contributed by atoms with Crippen LogP contribution < -0.4 is 0 Å². The van der Waals surface area contributed by atoms with Gasteiger partial charge in [-0.2, -0.15) is 0 Å². The van der Waals surface area contributed by atoms with Gasteiger partial charge in [-0.3, -0.25) is 15.2 Å². The van der Waals surface area contributed by atoms with E-state index < -0.39 is 0 Å². The highest BCUT2D eigenvalue weighted by molar-refractivity contribution is 5.91. The third-order valence-electron chi connectivity index (χ3n) is 5.17. The van der Waals surface area contributed by atoms with Crippen LogP contribution in [0.3, 0.4) is 0 Å². The van der Waals surface area contributed by atoms with Crippen molar-refractivity contribution in [2.45, 2.75) is 33.2 Å². The molecule has 0 aromatic rings. The molecule has 132 valence electrons. The first kappa shape index (κ1) is 18.4. The highest BCUT2D eigenvalue weighted by Gasteiger charge is 2.31. The van der Waals surface area contributed by atoms with Gasteiger partial charge in [0.15, 0.2) is 0 Å². The maximum atomic E-state index is 8.28. The maximum Gasteiger partial charge on any atom is 0.120 e. The molecule has 0 spiro atoms. The number of amidine groups is 1. The van der Waals surface area contributed by atoms with Crippen LogP contribution in [-0.2, 0) is 4.74 Å². The highest BCUT2D eigenvalue weighted by Crippen LogP contribution is 2.18. The number of allylic oxidation sites excluding steroid dienone is 1. The second-order valence-electron chi connectivity index (χ2n) is 7.11. The molecular weight excluding hydrogens is 288 g/mol. The largest absolute Gasteiger partial charge is 0.379 e. The molecule has 0 bridgehead atoms. The molecule has 2 fully saturated rings. The third kappa shape index (κ3) is 5.30. The van der Waals surface area contributed by atoms with E-state index in [2.05, 4.69) is 48.6 Å². The van der Waals surface area contributed by atoms with Gasteiger partial charge in [-0.05, 0) is 25.5 Å². The Kier molecular flexibility index (Phi) is 7.06. The van der Waals surface area contributed by atoms with E-state index in [0.717, 1.165) is 58.9 Å². The van der Waals surface area contributed by atoms with Gasteiger partial charge in [0.2, 0.25) is 0 Å². The van der Waals surface area contributed by atoms with E-state index in [1.807, 2.05) is 0 Å². The van der Waals surface area contributed by atoms with E-state index in [-0.39, 0.29) is 0 Å². The molecule has 2 aliphatic rings. The van der Waals surface area contributed by atoms with Crippen molar-refractivity contribution in [2.75, 3.05) is 59.5 Å². The number of likely N-dealkylation sites (tertiary alicyclic amines) is 1. The summed E-state index contributed by atoms with van der Waals surface area (Å²) in [7, 11) is 2.22. The third-order valence-corrected chi connectivity index (χ3v) is 5.17. The summed E-state index contributed by atoms with van der Waals surface area (Å²) in [4.78, 5) is 7.12. The molecule has 5 heteroatoms. The molecule has 23 heavy (non-hydrogen) atoms. The summed E-state index contributed by atoms with van der Waals surface area (Å²) in [5.41, 5.74) is 1.37. The lowest BCUT2D eigenvalue weighted by Crippen LogP contribution is -2.60. The fraction of sp³-hybridized carbons (Fsp3) is 0.833. The predicted octanol–water partition coefficient (Wildman–Crippen LogP) is 1.90. The Morgan fingerprint density at radius 2 is 1.96 bits per heavy atom. The lowest BCUT2D eigenvalue weighted by atomic mass is 9.99. The summed E-state index contributed by atoms with van der Waals surface area (Å²) in [6, 6.07) is 0.592. The smallest absolute Gasteiger partial charge is 0.120 e. The van der Waals surface area contributed by atoms with Crippen LogP contribution in [0.15, 0.2) is 11.6 Å². The maximum absolute atomic E-state index is 8.28. The van der Waals surface area contributed by atoms with Crippen molar-refractivity contribution in [1.82, 2.24) is 14.7 Å². The molecule has 2 saturated heterocycles. The monoisotopic (exact) mass is 322 g/mol. The first-order valence-corrected chi connectivity index (χ1v) is 9.05. The Morgan fingerprint density at radius 1 is 1.30 bits per heavy atom. The number of nitrogens with zero attached hydrogens (tertiary/aromatic N) is 3. The van der Waals surface area contributed by atoms with E-state index >= 15 is 0 Å². The van der Waals surface area contributed by atoms with Crippen molar-refractivity contribution in [3.05, 3.63) is 11.6 Å². The average Bonchev–Trinajstić information content (AvgIpc) is 2.49. The lowest BCUT2D eigenvalue weighted by molar-refractivity contribution is 0.0268. The van der Waals surface area contributed by atoms with Crippen molar-refractivity contribution in [3.63, 3.8) is 0 Å². The number of likely N-dealkylation sites (N-methyl/N-ethyl adjacent to an activating group) is 1.